The number of halogens is 1. The molecule has 1 aromatic carbocycles. The van der Waals surface area contributed by atoms with E-state index in [1.807, 2.05) is 6.92 Å². The molecule has 0 saturated heterocycles. The third-order valence-electron chi connectivity index (χ3n) is 2.23. The summed E-state index contributed by atoms with van der Waals surface area (Å²) in [6, 6.07) is 6.52. The predicted octanol–water partition coefficient (Wildman–Crippen LogP) is 2.69. The molecule has 7 heteroatoms. The minimum atomic E-state index is -3.46. The molecule has 0 saturated carbocycles. The Balaban J connectivity index is 2.10. The van der Waals surface area contributed by atoms with Gasteiger partial charge in [-0.05, 0) is 31.2 Å². The number of hydrogen-bond donors (Lipinski definition) is 1. The van der Waals surface area contributed by atoms with Crippen molar-refractivity contribution in [2.24, 2.45) is 0 Å². The van der Waals surface area contributed by atoms with Crippen LogP contribution in [0.1, 0.15) is 9.88 Å². The van der Waals surface area contributed by atoms with Crippen molar-refractivity contribution in [2.75, 3.05) is 0 Å². The lowest BCUT2D eigenvalue weighted by Gasteiger charge is -2.05. The van der Waals surface area contributed by atoms with Gasteiger partial charge in [0.25, 0.3) is 0 Å². The quantitative estimate of drug-likeness (QED) is 0.925. The molecule has 0 amide bonds. The summed E-state index contributed by atoms with van der Waals surface area (Å²) in [6.45, 7) is 2.15. The van der Waals surface area contributed by atoms with Crippen LogP contribution in [0.4, 0.5) is 0 Å². The van der Waals surface area contributed by atoms with Gasteiger partial charge in [0.05, 0.1) is 9.90 Å². The second kappa shape index (κ2) is 5.48. The number of sulfonamides is 1. The molecule has 4 nitrogen and oxygen atoms in total. The third kappa shape index (κ3) is 3.38. The molecule has 96 valence electrons. The van der Waals surface area contributed by atoms with Crippen LogP contribution in [0.3, 0.4) is 0 Å². The van der Waals surface area contributed by atoms with Crippen LogP contribution in [-0.4, -0.2) is 13.4 Å². The minimum Gasteiger partial charge on any atom is -0.250 e. The summed E-state index contributed by atoms with van der Waals surface area (Å²) >= 11 is 4.75. The van der Waals surface area contributed by atoms with E-state index in [2.05, 4.69) is 25.6 Å². The highest BCUT2D eigenvalue weighted by Gasteiger charge is 2.13. The van der Waals surface area contributed by atoms with E-state index in [9.17, 15) is 8.42 Å². The molecule has 2 aromatic rings. The van der Waals surface area contributed by atoms with E-state index in [0.29, 0.717) is 0 Å². The summed E-state index contributed by atoms with van der Waals surface area (Å²) in [7, 11) is -3.46. The maximum atomic E-state index is 12.0. The van der Waals surface area contributed by atoms with Gasteiger partial charge in [0.1, 0.15) is 0 Å². The largest absolute Gasteiger partial charge is 0.250 e. The van der Waals surface area contributed by atoms with E-state index >= 15 is 0 Å². The number of rotatable bonds is 4. The number of hydrogen-bond acceptors (Lipinski definition) is 4. The molecule has 18 heavy (non-hydrogen) atoms. The maximum Gasteiger partial charge on any atom is 0.240 e. The molecule has 0 aliphatic carbocycles. The predicted molar refractivity (Wildman–Crippen MR) is 75.0 cm³/mol. The topological polar surface area (TPSA) is 59.1 Å². The highest BCUT2D eigenvalue weighted by atomic mass is 79.9. The van der Waals surface area contributed by atoms with Crippen LogP contribution in [0.5, 0.6) is 0 Å². The lowest BCUT2D eigenvalue weighted by atomic mass is 10.4. The molecule has 0 fully saturated rings. The van der Waals surface area contributed by atoms with Crippen LogP contribution in [-0.2, 0) is 16.6 Å². The standard InChI is InChI=1S/C11H11BrN2O2S2/c1-8-13-6-10(17-8)7-14-18(15,16)11-4-2-9(12)3-5-11/h2-6,14H,7H2,1H3. The van der Waals surface area contributed by atoms with Gasteiger partial charge in [-0.15, -0.1) is 11.3 Å². The third-order valence-corrected chi connectivity index (χ3v) is 5.09. The van der Waals surface area contributed by atoms with Gasteiger partial charge in [-0.2, -0.15) is 0 Å². The van der Waals surface area contributed by atoms with E-state index in [-0.39, 0.29) is 11.4 Å². The summed E-state index contributed by atoms with van der Waals surface area (Å²) in [5.74, 6) is 0. The van der Waals surface area contributed by atoms with Crippen molar-refractivity contribution in [3.8, 4) is 0 Å². The molecule has 0 radical (unpaired) electrons. The van der Waals surface area contributed by atoms with Gasteiger partial charge < -0.3 is 0 Å². The van der Waals surface area contributed by atoms with Gasteiger partial charge >= 0.3 is 0 Å². The number of benzene rings is 1. The molecule has 2 rings (SSSR count). The molecule has 0 atom stereocenters. The van der Waals surface area contributed by atoms with Crippen molar-refractivity contribution in [3.05, 3.63) is 44.8 Å². The summed E-state index contributed by atoms with van der Waals surface area (Å²) in [5.41, 5.74) is 0. The Bertz CT molecular complexity index is 635. The monoisotopic (exact) mass is 346 g/mol. The maximum absolute atomic E-state index is 12.0. The van der Waals surface area contributed by atoms with Crippen molar-refractivity contribution >= 4 is 37.3 Å². The molecule has 0 aliphatic rings. The van der Waals surface area contributed by atoms with Crippen LogP contribution in [0.2, 0.25) is 0 Å². The first-order valence-corrected chi connectivity index (χ1v) is 8.23. The van der Waals surface area contributed by atoms with E-state index in [1.54, 1.807) is 30.5 Å². The zero-order valence-electron chi connectivity index (χ0n) is 9.55. The molecular weight excluding hydrogens is 336 g/mol. The molecule has 1 N–H and O–H groups in total. The SMILES string of the molecule is Cc1ncc(CNS(=O)(=O)c2ccc(Br)cc2)s1. The van der Waals surface area contributed by atoms with Gasteiger partial charge in [0.2, 0.25) is 10.0 Å². The van der Waals surface area contributed by atoms with E-state index in [0.717, 1.165) is 14.4 Å². The van der Waals surface area contributed by atoms with Gasteiger partial charge in [-0.1, -0.05) is 15.9 Å². The Morgan fingerprint density at radius 2 is 2.00 bits per heavy atom. The first-order chi connectivity index (χ1) is 8.47. The van der Waals surface area contributed by atoms with Crippen molar-refractivity contribution in [2.45, 2.75) is 18.4 Å². The Kier molecular flexibility index (Phi) is 4.16. The average molecular weight is 347 g/mol. The van der Waals surface area contributed by atoms with Crippen LogP contribution < -0.4 is 4.72 Å². The van der Waals surface area contributed by atoms with E-state index in [4.69, 9.17) is 0 Å². The zero-order chi connectivity index (χ0) is 13.2. The second-order valence-electron chi connectivity index (χ2n) is 3.62. The molecule has 0 spiro atoms. The summed E-state index contributed by atoms with van der Waals surface area (Å²) < 4.78 is 27.4. The Morgan fingerprint density at radius 3 is 2.56 bits per heavy atom. The molecule has 0 bridgehead atoms. The molecule has 1 aromatic heterocycles. The van der Waals surface area contributed by atoms with Crippen molar-refractivity contribution < 1.29 is 8.42 Å². The molecule has 0 unspecified atom stereocenters. The Morgan fingerprint density at radius 1 is 1.33 bits per heavy atom. The molecule has 1 heterocycles. The lowest BCUT2D eigenvalue weighted by molar-refractivity contribution is 0.582. The highest BCUT2D eigenvalue weighted by molar-refractivity contribution is 9.10. The Hall–Kier alpha value is -0.760. The van der Waals surface area contributed by atoms with Crippen molar-refractivity contribution in [1.29, 1.82) is 0 Å². The Labute approximate surface area is 118 Å². The summed E-state index contributed by atoms with van der Waals surface area (Å²) in [4.78, 5) is 5.23. The number of aromatic nitrogens is 1. The molecule has 0 aliphatic heterocycles. The fourth-order valence-corrected chi connectivity index (χ4v) is 3.45. The fraction of sp³-hybridized carbons (Fsp3) is 0.182. The van der Waals surface area contributed by atoms with Gasteiger partial charge in [0, 0.05) is 22.1 Å². The average Bonchev–Trinajstić information content (AvgIpc) is 2.73. The summed E-state index contributed by atoms with van der Waals surface area (Å²) in [5, 5.41) is 0.924. The lowest BCUT2D eigenvalue weighted by Crippen LogP contribution is -2.22. The number of nitrogens with zero attached hydrogens (tertiary/aromatic N) is 1. The van der Waals surface area contributed by atoms with Crippen LogP contribution >= 0.6 is 27.3 Å². The van der Waals surface area contributed by atoms with Gasteiger partial charge in [-0.3, -0.25) is 0 Å². The fourth-order valence-electron chi connectivity index (χ4n) is 1.35. The number of aryl methyl sites for hydroxylation is 1. The summed E-state index contributed by atoms with van der Waals surface area (Å²) in [6.07, 6.45) is 1.68. The number of nitrogens with one attached hydrogen (secondary N) is 1. The second-order valence-corrected chi connectivity index (χ2v) is 7.63. The first-order valence-electron chi connectivity index (χ1n) is 5.14. The van der Waals surface area contributed by atoms with Crippen molar-refractivity contribution in [1.82, 2.24) is 9.71 Å². The van der Waals surface area contributed by atoms with Crippen LogP contribution in [0, 0.1) is 6.92 Å². The highest BCUT2D eigenvalue weighted by Crippen LogP contribution is 2.16. The smallest absolute Gasteiger partial charge is 0.240 e. The van der Waals surface area contributed by atoms with Crippen molar-refractivity contribution in [3.63, 3.8) is 0 Å². The zero-order valence-corrected chi connectivity index (χ0v) is 12.8. The van der Waals surface area contributed by atoms with E-state index < -0.39 is 10.0 Å². The van der Waals surface area contributed by atoms with Gasteiger partial charge in [-0.25, -0.2) is 18.1 Å². The van der Waals surface area contributed by atoms with Crippen LogP contribution in [0.25, 0.3) is 0 Å². The van der Waals surface area contributed by atoms with E-state index in [1.165, 1.54) is 11.3 Å². The van der Waals surface area contributed by atoms with Crippen LogP contribution in [0.15, 0.2) is 39.8 Å². The molecular formula is C11H11BrN2O2S2. The number of thiazole rings is 1. The first kappa shape index (κ1) is 13.7. The minimum absolute atomic E-state index is 0.256. The van der Waals surface area contributed by atoms with Gasteiger partial charge in [0.15, 0.2) is 0 Å². The normalized spacial score (nSPS) is 11.7.